The smallest absolute Gasteiger partial charge is 0.292 e. The molecule has 1 aromatic carbocycles. The fourth-order valence-electron chi connectivity index (χ4n) is 1.12. The summed E-state index contributed by atoms with van der Waals surface area (Å²) in [5, 5.41) is 22.5. The summed E-state index contributed by atoms with van der Waals surface area (Å²) in [7, 11) is 0. The Morgan fingerprint density at radius 3 is 2.82 bits per heavy atom. The highest BCUT2D eigenvalue weighted by atomic mass is 79.9. The van der Waals surface area contributed by atoms with E-state index in [4.69, 9.17) is 10.8 Å². The van der Waals surface area contributed by atoms with Crippen molar-refractivity contribution in [3.05, 3.63) is 32.8 Å². The lowest BCUT2D eigenvalue weighted by atomic mass is 10.2. The van der Waals surface area contributed by atoms with Crippen molar-refractivity contribution in [1.82, 2.24) is 0 Å². The fourth-order valence-corrected chi connectivity index (χ4v) is 1.48. The van der Waals surface area contributed by atoms with Crippen LogP contribution in [0.3, 0.4) is 0 Å². The zero-order valence-electron chi connectivity index (χ0n) is 8.59. The SMILES string of the molecule is NC(=O)C(O)CNc1cc(Br)ccc1[N+](=O)[O-]. The number of halogens is 1. The number of nitro benzene ring substituents is 1. The molecule has 0 saturated heterocycles. The highest BCUT2D eigenvalue weighted by Gasteiger charge is 2.16. The van der Waals surface area contributed by atoms with Gasteiger partial charge < -0.3 is 16.2 Å². The lowest BCUT2D eigenvalue weighted by molar-refractivity contribution is -0.384. The Morgan fingerprint density at radius 2 is 2.29 bits per heavy atom. The van der Waals surface area contributed by atoms with Gasteiger partial charge in [-0.15, -0.1) is 0 Å². The Bertz CT molecular complexity index is 452. The van der Waals surface area contributed by atoms with Crippen molar-refractivity contribution < 1.29 is 14.8 Å². The molecule has 1 rings (SSSR count). The van der Waals surface area contributed by atoms with Gasteiger partial charge in [0.25, 0.3) is 5.69 Å². The molecule has 7 nitrogen and oxygen atoms in total. The number of amides is 1. The number of nitro groups is 1. The second-order valence-corrected chi connectivity index (χ2v) is 4.13. The van der Waals surface area contributed by atoms with Crippen molar-refractivity contribution in [3.63, 3.8) is 0 Å². The van der Waals surface area contributed by atoms with Crippen LogP contribution in [0.25, 0.3) is 0 Å². The van der Waals surface area contributed by atoms with Crippen LogP contribution in [-0.4, -0.2) is 28.6 Å². The number of benzene rings is 1. The minimum Gasteiger partial charge on any atom is -0.381 e. The fraction of sp³-hybridized carbons (Fsp3) is 0.222. The molecule has 0 heterocycles. The molecule has 0 saturated carbocycles. The molecule has 0 aliphatic heterocycles. The van der Waals surface area contributed by atoms with E-state index in [2.05, 4.69) is 21.2 Å². The third-order valence-corrected chi connectivity index (χ3v) is 2.46. The molecule has 17 heavy (non-hydrogen) atoms. The molecule has 1 aromatic rings. The van der Waals surface area contributed by atoms with Crippen LogP contribution in [0.15, 0.2) is 22.7 Å². The zero-order valence-corrected chi connectivity index (χ0v) is 10.2. The first kappa shape index (κ1) is 13.4. The average molecular weight is 304 g/mol. The van der Waals surface area contributed by atoms with Crippen molar-refractivity contribution in [2.24, 2.45) is 5.73 Å². The number of nitrogens with one attached hydrogen (secondary N) is 1. The van der Waals surface area contributed by atoms with Crippen LogP contribution < -0.4 is 11.1 Å². The minimum atomic E-state index is -1.39. The molecule has 0 bridgehead atoms. The average Bonchev–Trinajstić information content (AvgIpc) is 2.25. The molecule has 1 atom stereocenters. The summed E-state index contributed by atoms with van der Waals surface area (Å²) in [5.41, 5.74) is 4.91. The van der Waals surface area contributed by atoms with E-state index in [1.54, 1.807) is 0 Å². The summed E-state index contributed by atoms with van der Waals surface area (Å²) in [5.74, 6) is -0.893. The van der Waals surface area contributed by atoms with Gasteiger partial charge in [0.2, 0.25) is 5.91 Å². The molecule has 0 aliphatic rings. The van der Waals surface area contributed by atoms with Crippen LogP contribution in [0.1, 0.15) is 0 Å². The normalized spacial score (nSPS) is 11.9. The molecule has 0 fully saturated rings. The monoisotopic (exact) mass is 303 g/mol. The van der Waals surface area contributed by atoms with Crippen molar-refractivity contribution in [2.45, 2.75) is 6.10 Å². The Balaban J connectivity index is 2.85. The van der Waals surface area contributed by atoms with Gasteiger partial charge in [-0.05, 0) is 12.1 Å². The third kappa shape index (κ3) is 3.68. The summed E-state index contributed by atoms with van der Waals surface area (Å²) >= 11 is 3.16. The van der Waals surface area contributed by atoms with Gasteiger partial charge in [-0.1, -0.05) is 15.9 Å². The maximum atomic E-state index is 10.7. The standard InChI is InChI=1S/C9H10BrN3O4/c10-5-1-2-7(13(16)17)6(3-5)12-4-8(14)9(11)15/h1-3,8,12,14H,4H2,(H2,11,15). The number of aliphatic hydroxyl groups excluding tert-OH is 1. The van der Waals surface area contributed by atoms with E-state index in [1.807, 2.05) is 0 Å². The molecule has 1 amide bonds. The van der Waals surface area contributed by atoms with E-state index in [9.17, 15) is 14.9 Å². The highest BCUT2D eigenvalue weighted by molar-refractivity contribution is 9.10. The van der Waals surface area contributed by atoms with Gasteiger partial charge in [-0.2, -0.15) is 0 Å². The molecular weight excluding hydrogens is 294 g/mol. The van der Waals surface area contributed by atoms with Gasteiger partial charge in [0.1, 0.15) is 11.8 Å². The maximum Gasteiger partial charge on any atom is 0.292 e. The summed E-state index contributed by atoms with van der Waals surface area (Å²) in [6, 6.07) is 4.31. The molecule has 4 N–H and O–H groups in total. The van der Waals surface area contributed by atoms with Gasteiger partial charge >= 0.3 is 0 Å². The molecule has 0 aromatic heterocycles. The van der Waals surface area contributed by atoms with E-state index in [1.165, 1.54) is 18.2 Å². The van der Waals surface area contributed by atoms with Crippen molar-refractivity contribution >= 4 is 33.2 Å². The summed E-state index contributed by atoms with van der Waals surface area (Å²) in [4.78, 5) is 20.7. The van der Waals surface area contributed by atoms with Crippen molar-refractivity contribution in [2.75, 3.05) is 11.9 Å². The lowest BCUT2D eigenvalue weighted by Gasteiger charge is -2.10. The van der Waals surface area contributed by atoms with Gasteiger partial charge in [0.15, 0.2) is 0 Å². The third-order valence-electron chi connectivity index (χ3n) is 1.97. The van der Waals surface area contributed by atoms with Crippen LogP contribution >= 0.6 is 15.9 Å². The number of aliphatic hydroxyl groups is 1. The Morgan fingerprint density at radius 1 is 1.65 bits per heavy atom. The number of nitrogens with zero attached hydrogens (tertiary/aromatic N) is 1. The zero-order chi connectivity index (χ0) is 13.0. The predicted molar refractivity (Wildman–Crippen MR) is 64.5 cm³/mol. The number of primary amides is 1. The molecule has 1 unspecified atom stereocenters. The topological polar surface area (TPSA) is 118 Å². The molecule has 0 radical (unpaired) electrons. The Hall–Kier alpha value is -1.67. The minimum absolute atomic E-state index is 0.148. The van der Waals surface area contributed by atoms with E-state index >= 15 is 0 Å². The van der Waals surface area contributed by atoms with Crippen molar-refractivity contribution in [1.29, 1.82) is 0 Å². The van der Waals surface area contributed by atoms with Crippen LogP contribution in [0, 0.1) is 10.1 Å². The largest absolute Gasteiger partial charge is 0.381 e. The van der Waals surface area contributed by atoms with E-state index in [0.29, 0.717) is 4.47 Å². The van der Waals surface area contributed by atoms with Crippen LogP contribution in [0.4, 0.5) is 11.4 Å². The Labute approximate surface area is 105 Å². The van der Waals surface area contributed by atoms with Crippen molar-refractivity contribution in [3.8, 4) is 0 Å². The number of rotatable bonds is 5. The van der Waals surface area contributed by atoms with E-state index < -0.39 is 16.9 Å². The van der Waals surface area contributed by atoms with Gasteiger partial charge in [0, 0.05) is 10.5 Å². The van der Waals surface area contributed by atoms with Gasteiger partial charge in [-0.25, -0.2) is 0 Å². The first-order valence-electron chi connectivity index (χ1n) is 4.57. The number of hydrogen-bond donors (Lipinski definition) is 3. The summed E-state index contributed by atoms with van der Waals surface area (Å²) in [6.45, 7) is -0.188. The van der Waals surface area contributed by atoms with Crippen LogP contribution in [0.2, 0.25) is 0 Å². The first-order valence-corrected chi connectivity index (χ1v) is 5.36. The molecule has 0 aliphatic carbocycles. The lowest BCUT2D eigenvalue weighted by Crippen LogP contribution is -2.34. The Kier molecular flexibility index (Phi) is 4.41. The van der Waals surface area contributed by atoms with Gasteiger partial charge in [0.05, 0.1) is 11.5 Å². The number of carbonyl (C=O) groups is 1. The number of anilines is 1. The van der Waals surface area contributed by atoms with E-state index in [-0.39, 0.29) is 17.9 Å². The van der Waals surface area contributed by atoms with Crippen LogP contribution in [-0.2, 0) is 4.79 Å². The number of carbonyl (C=O) groups excluding carboxylic acids is 1. The first-order chi connectivity index (χ1) is 7.91. The summed E-state index contributed by atoms with van der Waals surface area (Å²) < 4.78 is 0.638. The van der Waals surface area contributed by atoms with E-state index in [0.717, 1.165) is 0 Å². The predicted octanol–water partition coefficient (Wildman–Crippen LogP) is 0.615. The molecule has 92 valence electrons. The highest BCUT2D eigenvalue weighted by Crippen LogP contribution is 2.27. The second-order valence-electron chi connectivity index (χ2n) is 3.22. The number of nitrogens with two attached hydrogens (primary N) is 1. The quantitative estimate of drug-likeness (QED) is 0.544. The summed E-state index contributed by atoms with van der Waals surface area (Å²) in [6.07, 6.45) is -1.39. The van der Waals surface area contributed by atoms with Gasteiger partial charge in [-0.3, -0.25) is 14.9 Å². The maximum absolute atomic E-state index is 10.7. The molecular formula is C9H10BrN3O4. The molecule has 8 heteroatoms. The number of hydrogen-bond acceptors (Lipinski definition) is 5. The second kappa shape index (κ2) is 5.60. The van der Waals surface area contributed by atoms with Crippen LogP contribution in [0.5, 0.6) is 0 Å². The molecule has 0 spiro atoms.